The molecule has 2 atom stereocenters. The highest BCUT2D eigenvalue weighted by Gasteiger charge is 2.37. The Kier molecular flexibility index (Phi) is 4.71. The molecule has 1 aliphatic rings. The van der Waals surface area contributed by atoms with Crippen molar-refractivity contribution in [3.63, 3.8) is 0 Å². The molecule has 19 heavy (non-hydrogen) atoms. The Morgan fingerprint density at radius 2 is 2.11 bits per heavy atom. The van der Waals surface area contributed by atoms with Gasteiger partial charge in [0.25, 0.3) is 0 Å². The molecule has 0 saturated carbocycles. The predicted molar refractivity (Wildman–Crippen MR) is 80.4 cm³/mol. The second-order valence-electron chi connectivity index (χ2n) is 5.44. The standard InChI is InChI=1S/C16H22O2S/c1-12(2)14(15-10-17-16(3,4)18-15)11-19-13-8-6-5-7-9-13/h5-9,14-15H,1,10-11H2,2-4H3. The fourth-order valence-electron chi connectivity index (χ4n) is 2.18. The molecule has 104 valence electrons. The zero-order chi connectivity index (χ0) is 13.9. The van der Waals surface area contributed by atoms with Crippen LogP contribution in [0, 0.1) is 5.92 Å². The van der Waals surface area contributed by atoms with Crippen LogP contribution in [0.1, 0.15) is 20.8 Å². The van der Waals surface area contributed by atoms with Crippen molar-refractivity contribution >= 4 is 11.8 Å². The van der Waals surface area contributed by atoms with Gasteiger partial charge in [-0.2, -0.15) is 0 Å². The molecule has 1 saturated heterocycles. The molecule has 2 rings (SSSR count). The van der Waals surface area contributed by atoms with E-state index in [-0.39, 0.29) is 6.10 Å². The van der Waals surface area contributed by atoms with Gasteiger partial charge in [0.2, 0.25) is 0 Å². The fraction of sp³-hybridized carbons (Fsp3) is 0.500. The normalized spacial score (nSPS) is 23.2. The summed E-state index contributed by atoms with van der Waals surface area (Å²) in [5.74, 6) is 0.839. The van der Waals surface area contributed by atoms with Crippen LogP contribution in [0.25, 0.3) is 0 Å². The Labute approximate surface area is 120 Å². The number of benzene rings is 1. The smallest absolute Gasteiger partial charge is 0.163 e. The number of ether oxygens (including phenoxy) is 2. The predicted octanol–water partition coefficient (Wildman–Crippen LogP) is 4.12. The molecule has 1 aromatic carbocycles. The maximum atomic E-state index is 5.96. The minimum absolute atomic E-state index is 0.115. The van der Waals surface area contributed by atoms with Gasteiger partial charge in [0.1, 0.15) is 0 Å². The van der Waals surface area contributed by atoms with Crippen molar-refractivity contribution in [2.75, 3.05) is 12.4 Å². The lowest BCUT2D eigenvalue weighted by atomic mass is 9.98. The van der Waals surface area contributed by atoms with Crippen LogP contribution in [-0.4, -0.2) is 24.3 Å². The molecular weight excluding hydrogens is 256 g/mol. The molecule has 0 amide bonds. The Hall–Kier alpha value is -0.770. The van der Waals surface area contributed by atoms with Crippen molar-refractivity contribution < 1.29 is 9.47 Å². The van der Waals surface area contributed by atoms with Crippen LogP contribution in [0.3, 0.4) is 0 Å². The van der Waals surface area contributed by atoms with E-state index < -0.39 is 5.79 Å². The van der Waals surface area contributed by atoms with Gasteiger partial charge in [-0.15, -0.1) is 11.8 Å². The van der Waals surface area contributed by atoms with Gasteiger partial charge >= 0.3 is 0 Å². The van der Waals surface area contributed by atoms with Crippen LogP contribution < -0.4 is 0 Å². The first kappa shape index (κ1) is 14.6. The Morgan fingerprint density at radius 3 is 2.63 bits per heavy atom. The van der Waals surface area contributed by atoms with Gasteiger partial charge in [-0.05, 0) is 32.9 Å². The van der Waals surface area contributed by atoms with Gasteiger partial charge in [-0.1, -0.05) is 30.4 Å². The van der Waals surface area contributed by atoms with Crippen molar-refractivity contribution in [2.24, 2.45) is 5.92 Å². The number of rotatable bonds is 5. The zero-order valence-corrected chi connectivity index (χ0v) is 12.7. The number of hydrogen-bond acceptors (Lipinski definition) is 3. The van der Waals surface area contributed by atoms with E-state index in [1.807, 2.05) is 31.7 Å². The van der Waals surface area contributed by atoms with Crippen LogP contribution in [0.15, 0.2) is 47.4 Å². The third kappa shape index (κ3) is 4.10. The highest BCUT2D eigenvalue weighted by molar-refractivity contribution is 7.99. The maximum absolute atomic E-state index is 5.96. The van der Waals surface area contributed by atoms with E-state index >= 15 is 0 Å². The Bertz CT molecular complexity index is 428. The molecule has 0 aliphatic carbocycles. The van der Waals surface area contributed by atoms with E-state index in [2.05, 4.69) is 37.8 Å². The van der Waals surface area contributed by atoms with Gasteiger partial charge in [0.15, 0.2) is 5.79 Å². The number of thioether (sulfide) groups is 1. The highest BCUT2D eigenvalue weighted by atomic mass is 32.2. The second kappa shape index (κ2) is 6.12. The third-order valence-corrected chi connectivity index (χ3v) is 4.42. The van der Waals surface area contributed by atoms with E-state index in [0.29, 0.717) is 12.5 Å². The summed E-state index contributed by atoms with van der Waals surface area (Å²) in [6, 6.07) is 10.4. The molecule has 1 aliphatic heterocycles. The SMILES string of the molecule is C=C(C)C(CSc1ccccc1)C1COC(C)(C)O1. The molecule has 0 N–H and O–H groups in total. The molecular formula is C16H22O2S. The molecule has 0 aromatic heterocycles. The lowest BCUT2D eigenvalue weighted by Gasteiger charge is -2.24. The number of hydrogen-bond donors (Lipinski definition) is 0. The first-order valence-electron chi connectivity index (χ1n) is 6.63. The summed E-state index contributed by atoms with van der Waals surface area (Å²) < 4.78 is 11.6. The van der Waals surface area contributed by atoms with Crippen molar-refractivity contribution in [1.29, 1.82) is 0 Å². The van der Waals surface area contributed by atoms with Crippen molar-refractivity contribution in [1.82, 2.24) is 0 Å². The molecule has 1 heterocycles. The van der Waals surface area contributed by atoms with Crippen molar-refractivity contribution in [3.05, 3.63) is 42.5 Å². The highest BCUT2D eigenvalue weighted by Crippen LogP contribution is 2.33. The van der Waals surface area contributed by atoms with Crippen LogP contribution >= 0.6 is 11.8 Å². The van der Waals surface area contributed by atoms with Crippen molar-refractivity contribution in [3.8, 4) is 0 Å². The van der Waals surface area contributed by atoms with Gasteiger partial charge in [-0.3, -0.25) is 0 Å². The maximum Gasteiger partial charge on any atom is 0.163 e. The zero-order valence-electron chi connectivity index (χ0n) is 11.9. The van der Waals surface area contributed by atoms with Gasteiger partial charge in [-0.25, -0.2) is 0 Å². The van der Waals surface area contributed by atoms with E-state index in [1.54, 1.807) is 0 Å². The lowest BCUT2D eigenvalue weighted by Crippen LogP contribution is -2.28. The molecule has 1 aromatic rings. The first-order chi connectivity index (χ1) is 8.98. The van der Waals surface area contributed by atoms with E-state index in [4.69, 9.17) is 9.47 Å². The minimum atomic E-state index is -0.463. The van der Waals surface area contributed by atoms with Crippen LogP contribution in [-0.2, 0) is 9.47 Å². The minimum Gasteiger partial charge on any atom is -0.348 e. The monoisotopic (exact) mass is 278 g/mol. The van der Waals surface area contributed by atoms with E-state index in [0.717, 1.165) is 11.3 Å². The summed E-state index contributed by atoms with van der Waals surface area (Å²) in [7, 11) is 0. The topological polar surface area (TPSA) is 18.5 Å². The Balaban J connectivity index is 1.96. The van der Waals surface area contributed by atoms with Gasteiger partial charge in [0.05, 0.1) is 12.7 Å². The molecule has 1 fully saturated rings. The summed E-state index contributed by atoms with van der Waals surface area (Å²) >= 11 is 1.85. The summed E-state index contributed by atoms with van der Waals surface area (Å²) in [4.78, 5) is 1.28. The first-order valence-corrected chi connectivity index (χ1v) is 7.61. The van der Waals surface area contributed by atoms with E-state index in [1.165, 1.54) is 4.90 Å². The molecule has 2 unspecified atom stereocenters. The summed E-state index contributed by atoms with van der Waals surface area (Å²) in [6.07, 6.45) is 0.115. The molecule has 3 heteroatoms. The quantitative estimate of drug-likeness (QED) is 0.596. The largest absolute Gasteiger partial charge is 0.348 e. The average Bonchev–Trinajstić information content (AvgIpc) is 2.71. The lowest BCUT2D eigenvalue weighted by molar-refractivity contribution is -0.141. The summed E-state index contributed by atoms with van der Waals surface area (Å²) in [6.45, 7) is 10.8. The molecule has 0 radical (unpaired) electrons. The van der Waals surface area contributed by atoms with Crippen molar-refractivity contribution in [2.45, 2.75) is 37.6 Å². The molecule has 0 bridgehead atoms. The van der Waals surface area contributed by atoms with Gasteiger partial charge in [0, 0.05) is 16.6 Å². The molecule has 2 nitrogen and oxygen atoms in total. The summed E-state index contributed by atoms with van der Waals surface area (Å²) in [5, 5.41) is 0. The Morgan fingerprint density at radius 1 is 1.42 bits per heavy atom. The second-order valence-corrected chi connectivity index (χ2v) is 6.54. The molecule has 0 spiro atoms. The van der Waals surface area contributed by atoms with Gasteiger partial charge < -0.3 is 9.47 Å². The van der Waals surface area contributed by atoms with Crippen LogP contribution in [0.2, 0.25) is 0 Å². The van der Waals surface area contributed by atoms with Crippen LogP contribution in [0.4, 0.5) is 0 Å². The van der Waals surface area contributed by atoms with E-state index in [9.17, 15) is 0 Å². The van der Waals surface area contributed by atoms with Crippen LogP contribution in [0.5, 0.6) is 0 Å². The fourth-order valence-corrected chi connectivity index (χ4v) is 3.40. The summed E-state index contributed by atoms with van der Waals surface area (Å²) in [5.41, 5.74) is 1.16. The average molecular weight is 278 g/mol. The third-order valence-electron chi connectivity index (χ3n) is 3.28.